The summed E-state index contributed by atoms with van der Waals surface area (Å²) in [5.41, 5.74) is 1.39. The number of fused-ring (bicyclic) bond motifs is 9. The van der Waals surface area contributed by atoms with Gasteiger partial charge in [0.15, 0.2) is 29.3 Å². The number of hydrogen-bond donors (Lipinski definition) is 5. The molecule has 0 amide bonds. The molecular weight excluding hydrogens is 829 g/mol. The molecule has 9 rings (SSSR count). The number of carbonyl (C=O) groups excluding carboxylic acids is 1. The van der Waals surface area contributed by atoms with E-state index in [2.05, 4.69) is 70.1 Å². The smallest absolute Gasteiger partial charge is 0.207 e. The van der Waals surface area contributed by atoms with Crippen molar-refractivity contribution in [1.82, 2.24) is 10.6 Å². The summed E-state index contributed by atoms with van der Waals surface area (Å²) in [6, 6.07) is 13.3. The minimum absolute atomic E-state index is 0.0418. The number of ketones is 1. The number of nitrogens with zero attached hydrogens (tertiary/aromatic N) is 1. The molecule has 0 radical (unpaired) electrons. The highest BCUT2D eigenvalue weighted by Gasteiger charge is 2.58. The number of ether oxygens (including phenoxy) is 4. The van der Waals surface area contributed by atoms with Gasteiger partial charge in [-0.05, 0) is 160 Å². The number of aliphatic hydroxyl groups is 1. The quantitative estimate of drug-likeness (QED) is 0.122. The Balaban J connectivity index is 1.22. The number of carbonyl (C=O) groups is 1. The van der Waals surface area contributed by atoms with Crippen LogP contribution >= 0.6 is 0 Å². The molecule has 66 heavy (non-hydrogen) atoms. The predicted octanol–water partition coefficient (Wildman–Crippen LogP) is 8.87. The Bertz CT molecular complexity index is 2310. The molecule has 12 atom stereocenters. The number of aliphatic hydroxyl groups excluding tert-OH is 1. The van der Waals surface area contributed by atoms with E-state index in [0.717, 1.165) is 62.6 Å². The van der Waals surface area contributed by atoms with E-state index in [1.807, 2.05) is 25.3 Å². The molecule has 4 bridgehead atoms. The molecule has 5 aliphatic carbocycles. The van der Waals surface area contributed by atoms with Crippen molar-refractivity contribution in [3.63, 3.8) is 0 Å². The fourth-order valence-electron chi connectivity index (χ4n) is 14.6. The lowest BCUT2D eigenvalue weighted by Crippen LogP contribution is -2.51. The van der Waals surface area contributed by atoms with Crippen molar-refractivity contribution in [2.24, 2.45) is 57.8 Å². The number of rotatable bonds is 9. The number of likely N-dealkylation sites (N-methyl/N-ethyl adjacent to an activating group) is 1. The van der Waals surface area contributed by atoms with Crippen LogP contribution in [0, 0.1) is 76.7 Å². The molecule has 2 heterocycles. The molecule has 5 saturated carbocycles. The third-order valence-electron chi connectivity index (χ3n) is 17.7. The van der Waals surface area contributed by atoms with Crippen LogP contribution in [0.25, 0.3) is 0 Å². The lowest BCUT2D eigenvalue weighted by Gasteiger charge is -2.55. The normalized spacial score (nSPS) is 36.1. The number of allylic oxidation sites excluding steroid dienone is 2. The van der Waals surface area contributed by atoms with Gasteiger partial charge in [-0.15, -0.1) is 0 Å². The highest BCUT2D eigenvalue weighted by atomic mass is 16.6. The third-order valence-corrected chi connectivity index (χ3v) is 17.7. The summed E-state index contributed by atoms with van der Waals surface area (Å²) >= 11 is 0. The van der Waals surface area contributed by atoms with Crippen LogP contribution in [0.5, 0.6) is 23.0 Å². The van der Waals surface area contributed by atoms with Gasteiger partial charge in [-0.1, -0.05) is 56.6 Å². The average Bonchev–Trinajstić information content (AvgIpc) is 4.03. The molecule has 5 fully saturated rings. The Kier molecular flexibility index (Phi) is 13.7. The highest BCUT2D eigenvalue weighted by Crippen LogP contribution is 2.65. The minimum atomic E-state index is -0.863. The SMILES string of the molecule is CC[C@@H]1CC[C@H]2C[C@H]3CCC[C@]34c3cc(c5c(c3)O[C@@]3(CNC)C[C@@H](C[C@H](O)OC)[C@@H](CC#CO5)C3)NC(=NC)NC#CC[C@@H]3CCC[C@@]3(Cc3ccc(O)c(OC)c3)C(=O)/C=C/[C@@H]4[C@H]2C1. The second-order valence-electron chi connectivity index (χ2n) is 21.0. The molecule has 2 aliphatic heterocycles. The third kappa shape index (κ3) is 8.70. The number of anilines is 1. The van der Waals surface area contributed by atoms with Crippen molar-refractivity contribution in [2.45, 2.75) is 133 Å². The maximum atomic E-state index is 15.5. The summed E-state index contributed by atoms with van der Waals surface area (Å²) < 4.78 is 24.9. The van der Waals surface area contributed by atoms with E-state index in [4.69, 9.17) is 18.9 Å². The summed E-state index contributed by atoms with van der Waals surface area (Å²) in [4.78, 5) is 20.2. The van der Waals surface area contributed by atoms with Crippen LogP contribution in [0.15, 0.2) is 47.5 Å². The van der Waals surface area contributed by atoms with Crippen LogP contribution < -0.4 is 30.2 Å². The number of benzene rings is 2. The van der Waals surface area contributed by atoms with E-state index >= 15 is 4.79 Å². The maximum Gasteiger partial charge on any atom is 0.207 e. The van der Waals surface area contributed by atoms with Crippen molar-refractivity contribution < 1.29 is 34.0 Å². The predicted molar refractivity (Wildman–Crippen MR) is 257 cm³/mol. The first-order chi connectivity index (χ1) is 32.1. The summed E-state index contributed by atoms with van der Waals surface area (Å²) in [5.74, 6) is 11.7. The molecule has 1 spiro atoms. The van der Waals surface area contributed by atoms with Crippen LogP contribution in [0.3, 0.4) is 0 Å². The van der Waals surface area contributed by atoms with Gasteiger partial charge in [-0.3, -0.25) is 15.1 Å². The van der Waals surface area contributed by atoms with Gasteiger partial charge >= 0.3 is 0 Å². The molecule has 2 aromatic carbocycles. The van der Waals surface area contributed by atoms with Crippen LogP contribution in [0.4, 0.5) is 5.69 Å². The zero-order chi connectivity index (χ0) is 46.1. The molecule has 0 aromatic heterocycles. The lowest BCUT2D eigenvalue weighted by atomic mass is 9.48. The van der Waals surface area contributed by atoms with Crippen LogP contribution in [0.2, 0.25) is 0 Å². The Labute approximate surface area is 392 Å². The second-order valence-corrected chi connectivity index (χ2v) is 21.0. The van der Waals surface area contributed by atoms with Crippen molar-refractivity contribution in [3.8, 4) is 47.0 Å². The van der Waals surface area contributed by atoms with Gasteiger partial charge in [0.25, 0.3) is 0 Å². The largest absolute Gasteiger partial charge is 0.504 e. The fourth-order valence-corrected chi connectivity index (χ4v) is 14.6. The topological polar surface area (TPSA) is 143 Å². The molecule has 11 heteroatoms. The molecule has 11 nitrogen and oxygen atoms in total. The molecule has 354 valence electrons. The van der Waals surface area contributed by atoms with E-state index in [-0.39, 0.29) is 40.6 Å². The first kappa shape index (κ1) is 46.4. The zero-order valence-electron chi connectivity index (χ0n) is 39.8. The first-order valence-electron chi connectivity index (χ1n) is 25.0. The van der Waals surface area contributed by atoms with E-state index in [0.29, 0.717) is 79.1 Å². The standard InChI is InChI=1S/C55H72N4O7/c1-6-35-15-17-37-27-41-13-8-22-55(41)42-29-45(51-48(30-42)66-53(34-56-2)32-38(11-10-24-65-51)39(33-53)28-50(62)64-5)59-52(57-3)58-23-9-14-40-12-7-21-54(40,49(61)20-18-44(55)43(37)25-35)31-36-16-19-46(60)47(26-36)63-4/h16,18-20,26,29-30,35,37-41,43-44,50,56,60,62H,6-8,11-15,17,21-22,25,27-28,31-34H2,1-5H3,(H2,57,58,59)/b20-18+/t35-,37+,38+,39-,40+,41-,43+,44-,50-,53-,54+,55-/m1/s1. The van der Waals surface area contributed by atoms with Gasteiger partial charge in [0.2, 0.25) is 11.7 Å². The minimum Gasteiger partial charge on any atom is -0.504 e. The molecule has 7 aliphatic rings. The fraction of sp³-hybridized carbons (Fsp3) is 0.636. The second kappa shape index (κ2) is 19.5. The van der Waals surface area contributed by atoms with E-state index in [1.165, 1.54) is 37.7 Å². The number of aliphatic imine (C=N–C) groups is 1. The molecule has 2 aromatic rings. The Hall–Kier alpha value is -4.68. The van der Waals surface area contributed by atoms with Gasteiger partial charge in [0.1, 0.15) is 11.7 Å². The summed E-state index contributed by atoms with van der Waals surface area (Å²) in [6.07, 6.45) is 22.3. The van der Waals surface area contributed by atoms with Crippen molar-refractivity contribution in [3.05, 3.63) is 53.6 Å². The van der Waals surface area contributed by atoms with Crippen LogP contribution in [-0.4, -0.2) is 68.7 Å². The van der Waals surface area contributed by atoms with E-state index in [1.54, 1.807) is 27.3 Å². The lowest BCUT2D eigenvalue weighted by molar-refractivity contribution is -0.125. The molecular formula is C55H72N4O7. The van der Waals surface area contributed by atoms with Crippen molar-refractivity contribution in [1.29, 1.82) is 0 Å². The average molecular weight is 901 g/mol. The van der Waals surface area contributed by atoms with Gasteiger partial charge < -0.3 is 39.8 Å². The first-order valence-corrected chi connectivity index (χ1v) is 25.0. The van der Waals surface area contributed by atoms with Gasteiger partial charge in [-0.25, -0.2) is 0 Å². The molecule has 0 unspecified atom stereocenters. The van der Waals surface area contributed by atoms with E-state index < -0.39 is 17.3 Å². The van der Waals surface area contributed by atoms with Gasteiger partial charge in [-0.2, -0.15) is 0 Å². The Morgan fingerprint density at radius 2 is 1.86 bits per heavy atom. The number of aromatic hydroxyl groups is 1. The summed E-state index contributed by atoms with van der Waals surface area (Å²) in [7, 11) is 6.84. The highest BCUT2D eigenvalue weighted by molar-refractivity contribution is 5.97. The van der Waals surface area contributed by atoms with Gasteiger partial charge in [0.05, 0.1) is 12.8 Å². The number of phenols is 1. The summed E-state index contributed by atoms with van der Waals surface area (Å²) in [5, 5.41) is 31.6. The van der Waals surface area contributed by atoms with Gasteiger partial charge in [0, 0.05) is 56.8 Å². The number of hydrogen-bond acceptors (Lipinski definition) is 9. The summed E-state index contributed by atoms with van der Waals surface area (Å²) in [6.45, 7) is 2.96. The number of phenolic OH excluding ortho intramolecular Hbond substituents is 1. The van der Waals surface area contributed by atoms with Crippen LogP contribution in [-0.2, 0) is 21.4 Å². The van der Waals surface area contributed by atoms with Crippen LogP contribution in [0.1, 0.15) is 121 Å². The zero-order valence-corrected chi connectivity index (χ0v) is 39.8. The number of nitrogens with one attached hydrogen (secondary N) is 3. The number of guanidine groups is 1. The Morgan fingerprint density at radius 1 is 1.02 bits per heavy atom. The molecule has 5 N–H and O–H groups in total. The van der Waals surface area contributed by atoms with Crippen molar-refractivity contribution in [2.75, 3.05) is 40.2 Å². The molecule has 0 saturated heterocycles. The van der Waals surface area contributed by atoms with E-state index in [9.17, 15) is 10.2 Å². The monoisotopic (exact) mass is 901 g/mol. The number of methoxy groups -OCH3 is 2. The maximum absolute atomic E-state index is 15.5. The van der Waals surface area contributed by atoms with Crippen molar-refractivity contribution >= 4 is 17.4 Å². The Morgan fingerprint density at radius 3 is 2.67 bits per heavy atom.